The number of nitrogens with zero attached hydrogens (tertiary/aromatic N) is 2. The molecule has 1 heterocycles. The maximum absolute atomic E-state index is 13.6. The van der Waals surface area contributed by atoms with Crippen molar-refractivity contribution in [2.75, 3.05) is 0 Å². The number of non-ortho nitro benzene ring substituents is 1. The molecule has 0 saturated carbocycles. The third kappa shape index (κ3) is 3.32. The molecular weight excluding hydrogens is 503 g/mol. The van der Waals surface area contributed by atoms with E-state index in [1.165, 1.54) is 16.1 Å². The molecule has 0 spiro atoms. The lowest BCUT2D eigenvalue weighted by atomic mass is 10.1. The second-order valence-corrected chi connectivity index (χ2v) is 9.44. The highest BCUT2D eigenvalue weighted by Crippen LogP contribution is 2.38. The summed E-state index contributed by atoms with van der Waals surface area (Å²) >= 11 is 2.10. The number of nitro benzene ring substituents is 1. The molecule has 0 N–H and O–H groups in total. The quantitative estimate of drug-likeness (QED) is 0.207. The van der Waals surface area contributed by atoms with Crippen molar-refractivity contribution in [2.24, 2.45) is 0 Å². The average molecular weight is 518 g/mol. The number of hydrogen-bond acceptors (Lipinski definition) is 4. The molecule has 3 aromatic carbocycles. The predicted octanol–water partition coefficient (Wildman–Crippen LogP) is 5.37. The van der Waals surface area contributed by atoms with E-state index in [0.717, 1.165) is 9.13 Å². The van der Waals surface area contributed by atoms with Crippen molar-refractivity contribution in [2.45, 2.75) is 11.8 Å². The van der Waals surface area contributed by atoms with Crippen molar-refractivity contribution in [1.29, 1.82) is 0 Å². The third-order valence-corrected chi connectivity index (χ3v) is 7.48. The van der Waals surface area contributed by atoms with Gasteiger partial charge in [-0.15, -0.1) is 0 Å². The smallest absolute Gasteiger partial charge is 0.258 e. The molecule has 4 aromatic rings. The molecule has 0 aliphatic rings. The molecule has 1 aromatic heterocycles. The SMILES string of the molecule is Cc1ccc(S(=O)(=O)n2c(-c3ccccc3)c(I)c3ccc([N+](=O)[O-])cc32)cc1. The Hall–Kier alpha value is -2.72. The zero-order chi connectivity index (χ0) is 20.8. The van der Waals surface area contributed by atoms with Crippen LogP contribution in [0.4, 0.5) is 5.69 Å². The molecule has 0 amide bonds. The number of fused-ring (bicyclic) bond motifs is 1. The maximum atomic E-state index is 13.6. The van der Waals surface area contributed by atoms with Crippen molar-refractivity contribution in [3.63, 3.8) is 0 Å². The molecule has 0 atom stereocenters. The largest absolute Gasteiger partial charge is 0.271 e. The summed E-state index contributed by atoms with van der Waals surface area (Å²) in [6.45, 7) is 1.88. The summed E-state index contributed by atoms with van der Waals surface area (Å²) in [5.41, 5.74) is 2.26. The Morgan fingerprint density at radius 3 is 2.24 bits per heavy atom. The van der Waals surface area contributed by atoms with Crippen molar-refractivity contribution < 1.29 is 13.3 Å². The number of aryl methyl sites for hydroxylation is 1. The van der Waals surface area contributed by atoms with Crippen molar-refractivity contribution >= 4 is 49.2 Å². The molecule has 0 bridgehead atoms. The Labute approximate surface area is 181 Å². The number of aromatic nitrogens is 1. The zero-order valence-electron chi connectivity index (χ0n) is 15.2. The highest BCUT2D eigenvalue weighted by molar-refractivity contribution is 14.1. The fourth-order valence-corrected chi connectivity index (χ4v) is 5.94. The summed E-state index contributed by atoms with van der Waals surface area (Å²) in [5.74, 6) is 0. The van der Waals surface area contributed by atoms with Gasteiger partial charge in [0.1, 0.15) is 0 Å². The highest BCUT2D eigenvalue weighted by atomic mass is 127. The molecule has 29 heavy (non-hydrogen) atoms. The fourth-order valence-electron chi connectivity index (χ4n) is 3.23. The van der Waals surface area contributed by atoms with E-state index in [9.17, 15) is 18.5 Å². The first kappa shape index (κ1) is 19.6. The van der Waals surface area contributed by atoms with Crippen LogP contribution in [0.3, 0.4) is 0 Å². The van der Waals surface area contributed by atoms with Gasteiger partial charge in [0, 0.05) is 26.7 Å². The van der Waals surface area contributed by atoms with Gasteiger partial charge in [-0.05, 0) is 47.7 Å². The monoisotopic (exact) mass is 518 g/mol. The summed E-state index contributed by atoms with van der Waals surface area (Å²) in [6, 6.07) is 20.0. The summed E-state index contributed by atoms with van der Waals surface area (Å²) in [4.78, 5) is 10.9. The van der Waals surface area contributed by atoms with Gasteiger partial charge in [0.25, 0.3) is 15.7 Å². The van der Waals surface area contributed by atoms with Crippen LogP contribution >= 0.6 is 22.6 Å². The van der Waals surface area contributed by atoms with Gasteiger partial charge in [0.05, 0.1) is 21.0 Å². The van der Waals surface area contributed by atoms with E-state index >= 15 is 0 Å². The molecule has 0 aliphatic heterocycles. The van der Waals surface area contributed by atoms with Crippen LogP contribution in [0.2, 0.25) is 0 Å². The van der Waals surface area contributed by atoms with E-state index in [2.05, 4.69) is 22.6 Å². The van der Waals surface area contributed by atoms with Gasteiger partial charge in [-0.1, -0.05) is 48.0 Å². The van der Waals surface area contributed by atoms with Crippen LogP contribution in [0, 0.1) is 20.6 Å². The maximum Gasteiger partial charge on any atom is 0.271 e. The Balaban J connectivity index is 2.13. The van der Waals surface area contributed by atoms with Crippen LogP contribution in [0.1, 0.15) is 5.56 Å². The van der Waals surface area contributed by atoms with E-state index in [1.54, 1.807) is 30.3 Å². The van der Waals surface area contributed by atoms with Gasteiger partial charge in [-0.2, -0.15) is 0 Å². The predicted molar refractivity (Wildman–Crippen MR) is 121 cm³/mol. The lowest BCUT2D eigenvalue weighted by Gasteiger charge is -2.13. The molecule has 4 rings (SSSR count). The van der Waals surface area contributed by atoms with E-state index < -0.39 is 14.9 Å². The van der Waals surface area contributed by atoms with Crippen LogP contribution in [0.5, 0.6) is 0 Å². The minimum Gasteiger partial charge on any atom is -0.258 e. The first-order chi connectivity index (χ1) is 13.8. The van der Waals surface area contributed by atoms with Crippen LogP contribution in [0.25, 0.3) is 22.2 Å². The highest BCUT2D eigenvalue weighted by Gasteiger charge is 2.28. The average Bonchev–Trinajstić information content (AvgIpc) is 3.01. The first-order valence-corrected chi connectivity index (χ1v) is 11.2. The minimum atomic E-state index is -3.99. The van der Waals surface area contributed by atoms with Gasteiger partial charge in [0.15, 0.2) is 0 Å². The lowest BCUT2D eigenvalue weighted by molar-refractivity contribution is -0.384. The van der Waals surface area contributed by atoms with Crippen LogP contribution in [-0.4, -0.2) is 17.3 Å². The molecule has 6 nitrogen and oxygen atoms in total. The first-order valence-electron chi connectivity index (χ1n) is 8.67. The van der Waals surface area contributed by atoms with Crippen molar-refractivity contribution in [1.82, 2.24) is 3.97 Å². The summed E-state index contributed by atoms with van der Waals surface area (Å²) in [6.07, 6.45) is 0. The molecule has 0 unspecified atom stereocenters. The van der Waals surface area contributed by atoms with E-state index in [-0.39, 0.29) is 16.1 Å². The molecule has 0 saturated heterocycles. The lowest BCUT2D eigenvalue weighted by Crippen LogP contribution is -2.14. The normalized spacial score (nSPS) is 11.7. The number of halogens is 1. The van der Waals surface area contributed by atoms with E-state index in [0.29, 0.717) is 16.6 Å². The second kappa shape index (κ2) is 7.27. The van der Waals surface area contributed by atoms with Crippen LogP contribution in [0.15, 0.2) is 77.7 Å². The molecule has 0 fully saturated rings. The third-order valence-electron chi connectivity index (χ3n) is 4.66. The number of benzene rings is 3. The molecule has 8 heteroatoms. The Kier molecular flexibility index (Phi) is 4.91. The van der Waals surface area contributed by atoms with Crippen molar-refractivity contribution in [3.05, 3.63) is 92.0 Å². The van der Waals surface area contributed by atoms with E-state index in [1.807, 2.05) is 37.3 Å². The van der Waals surface area contributed by atoms with Gasteiger partial charge < -0.3 is 0 Å². The molecule has 0 aliphatic carbocycles. The Morgan fingerprint density at radius 2 is 1.62 bits per heavy atom. The number of hydrogen-bond donors (Lipinski definition) is 0. The zero-order valence-corrected chi connectivity index (χ0v) is 18.2. The topological polar surface area (TPSA) is 82.2 Å². The van der Waals surface area contributed by atoms with Gasteiger partial charge in [-0.3, -0.25) is 10.1 Å². The van der Waals surface area contributed by atoms with Crippen LogP contribution in [-0.2, 0) is 10.0 Å². The van der Waals surface area contributed by atoms with Gasteiger partial charge in [0.2, 0.25) is 0 Å². The van der Waals surface area contributed by atoms with Gasteiger partial charge >= 0.3 is 0 Å². The summed E-state index contributed by atoms with van der Waals surface area (Å²) < 4.78 is 29.2. The van der Waals surface area contributed by atoms with Crippen molar-refractivity contribution in [3.8, 4) is 11.3 Å². The standard InChI is InChI=1S/C21H15IN2O4S/c1-14-7-10-17(11-8-14)29(27,28)23-19-13-16(24(25)26)9-12-18(19)20(22)21(23)15-5-3-2-4-6-15/h2-13H,1H3. The Morgan fingerprint density at radius 1 is 0.966 bits per heavy atom. The van der Waals surface area contributed by atoms with Gasteiger partial charge in [-0.25, -0.2) is 12.4 Å². The Bertz CT molecular complexity index is 1350. The second-order valence-electron chi connectivity index (χ2n) is 6.57. The number of rotatable bonds is 4. The molecular formula is C21H15IN2O4S. The number of nitro groups is 1. The fraction of sp³-hybridized carbons (Fsp3) is 0.0476. The van der Waals surface area contributed by atoms with E-state index in [4.69, 9.17) is 0 Å². The summed E-state index contributed by atoms with van der Waals surface area (Å²) in [5, 5.41) is 12.0. The molecule has 146 valence electrons. The molecule has 0 radical (unpaired) electrons. The minimum absolute atomic E-state index is 0.125. The summed E-state index contributed by atoms with van der Waals surface area (Å²) in [7, 11) is -3.99. The van der Waals surface area contributed by atoms with Crippen LogP contribution < -0.4 is 0 Å².